The van der Waals surface area contributed by atoms with Gasteiger partial charge in [-0.15, -0.1) is 0 Å². The molecule has 0 aliphatic carbocycles. The van der Waals surface area contributed by atoms with Crippen LogP contribution < -0.4 is 5.32 Å². The summed E-state index contributed by atoms with van der Waals surface area (Å²) >= 11 is 0. The van der Waals surface area contributed by atoms with Gasteiger partial charge in [-0.2, -0.15) is 0 Å². The molecule has 1 aromatic rings. The largest absolute Gasteiger partial charge is 0.354 e. The summed E-state index contributed by atoms with van der Waals surface area (Å²) in [5.41, 5.74) is 0.691. The number of hydrogen-bond acceptors (Lipinski definition) is 4. The first kappa shape index (κ1) is 14.7. The molecule has 0 spiro atoms. The second-order valence-corrected chi connectivity index (χ2v) is 4.65. The van der Waals surface area contributed by atoms with Crippen LogP contribution in [0.5, 0.6) is 0 Å². The normalized spacial score (nSPS) is 15.6. The van der Waals surface area contributed by atoms with Crippen LogP contribution in [-0.4, -0.2) is 41.3 Å². The van der Waals surface area contributed by atoms with Crippen molar-refractivity contribution in [1.82, 2.24) is 10.2 Å². The minimum atomic E-state index is -0.478. The van der Waals surface area contributed by atoms with Gasteiger partial charge in [0, 0.05) is 31.3 Å². The van der Waals surface area contributed by atoms with Crippen molar-refractivity contribution in [3.63, 3.8) is 0 Å². The highest BCUT2D eigenvalue weighted by Gasteiger charge is 2.17. The SMILES string of the molecule is O=C1CN(C(=O)C=Cc2ccc([N+](=O)[O-])cc2)CCCN1. The first-order valence-corrected chi connectivity index (χ1v) is 6.54. The van der Waals surface area contributed by atoms with Crippen molar-refractivity contribution in [2.45, 2.75) is 6.42 Å². The number of non-ortho nitro benzene ring substituents is 1. The van der Waals surface area contributed by atoms with Gasteiger partial charge in [-0.3, -0.25) is 19.7 Å². The fourth-order valence-corrected chi connectivity index (χ4v) is 1.97. The van der Waals surface area contributed by atoms with Crippen LogP contribution in [0.15, 0.2) is 30.3 Å². The predicted molar refractivity (Wildman–Crippen MR) is 76.3 cm³/mol. The van der Waals surface area contributed by atoms with Gasteiger partial charge in [-0.1, -0.05) is 0 Å². The summed E-state index contributed by atoms with van der Waals surface area (Å²) in [6, 6.07) is 5.89. The van der Waals surface area contributed by atoms with Gasteiger partial charge in [-0.05, 0) is 30.2 Å². The second kappa shape index (κ2) is 6.65. The second-order valence-electron chi connectivity index (χ2n) is 4.65. The Morgan fingerprint density at radius 3 is 2.71 bits per heavy atom. The van der Waals surface area contributed by atoms with E-state index in [-0.39, 0.29) is 24.0 Å². The number of carbonyl (C=O) groups is 2. The van der Waals surface area contributed by atoms with E-state index >= 15 is 0 Å². The van der Waals surface area contributed by atoms with Gasteiger partial charge >= 0.3 is 0 Å². The topological polar surface area (TPSA) is 92.5 Å². The van der Waals surface area contributed by atoms with E-state index in [0.29, 0.717) is 18.7 Å². The van der Waals surface area contributed by atoms with E-state index < -0.39 is 4.92 Å². The van der Waals surface area contributed by atoms with Crippen LogP contribution in [0, 0.1) is 10.1 Å². The van der Waals surface area contributed by atoms with E-state index in [1.165, 1.54) is 23.1 Å². The molecule has 2 amide bonds. The third-order valence-corrected chi connectivity index (χ3v) is 3.10. The standard InChI is InChI=1S/C14H15N3O4/c18-13-10-16(9-1-8-15-13)14(19)7-4-11-2-5-12(6-3-11)17(20)21/h2-7H,1,8-10H2,(H,15,18). The van der Waals surface area contributed by atoms with Crippen molar-refractivity contribution in [1.29, 1.82) is 0 Å². The van der Waals surface area contributed by atoms with Crippen LogP contribution in [0.25, 0.3) is 6.08 Å². The lowest BCUT2D eigenvalue weighted by molar-refractivity contribution is -0.384. The maximum absolute atomic E-state index is 12.0. The molecule has 1 aromatic carbocycles. The number of rotatable bonds is 3. The summed E-state index contributed by atoms with van der Waals surface area (Å²) < 4.78 is 0. The maximum atomic E-state index is 12.0. The Morgan fingerprint density at radius 1 is 1.33 bits per heavy atom. The Hall–Kier alpha value is -2.70. The zero-order valence-electron chi connectivity index (χ0n) is 11.3. The van der Waals surface area contributed by atoms with Gasteiger partial charge in [0.05, 0.1) is 11.5 Å². The van der Waals surface area contributed by atoms with E-state index in [4.69, 9.17) is 0 Å². The number of nitrogens with one attached hydrogen (secondary N) is 1. The molecule has 21 heavy (non-hydrogen) atoms. The lowest BCUT2D eigenvalue weighted by Gasteiger charge is -2.16. The van der Waals surface area contributed by atoms with Crippen molar-refractivity contribution in [3.05, 3.63) is 46.0 Å². The molecule has 0 bridgehead atoms. The molecule has 7 nitrogen and oxygen atoms in total. The Kier molecular flexibility index (Phi) is 4.65. The quantitative estimate of drug-likeness (QED) is 0.509. The van der Waals surface area contributed by atoms with Crippen molar-refractivity contribution in [2.24, 2.45) is 0 Å². The molecule has 0 aromatic heterocycles. The van der Waals surface area contributed by atoms with Gasteiger partial charge in [-0.25, -0.2) is 0 Å². The molecule has 0 unspecified atom stereocenters. The first-order chi connectivity index (χ1) is 10.1. The van der Waals surface area contributed by atoms with Crippen LogP contribution in [0.3, 0.4) is 0 Å². The predicted octanol–water partition coefficient (Wildman–Crippen LogP) is 0.957. The molecule has 1 N–H and O–H groups in total. The van der Waals surface area contributed by atoms with Crippen molar-refractivity contribution in [2.75, 3.05) is 19.6 Å². The number of hydrogen-bond donors (Lipinski definition) is 1. The highest BCUT2D eigenvalue weighted by molar-refractivity contribution is 5.94. The van der Waals surface area contributed by atoms with E-state index in [1.807, 2.05) is 0 Å². The average Bonchev–Trinajstić information content (AvgIpc) is 2.70. The van der Waals surface area contributed by atoms with Crippen LogP contribution in [-0.2, 0) is 9.59 Å². The van der Waals surface area contributed by atoms with Gasteiger partial charge in [0.2, 0.25) is 11.8 Å². The fourth-order valence-electron chi connectivity index (χ4n) is 1.97. The summed E-state index contributed by atoms with van der Waals surface area (Å²) in [6.45, 7) is 1.17. The van der Waals surface area contributed by atoms with Crippen LogP contribution in [0.2, 0.25) is 0 Å². The number of benzene rings is 1. The lowest BCUT2D eigenvalue weighted by atomic mass is 10.2. The van der Waals surface area contributed by atoms with E-state index in [9.17, 15) is 19.7 Å². The first-order valence-electron chi connectivity index (χ1n) is 6.54. The molecule has 0 radical (unpaired) electrons. The highest BCUT2D eigenvalue weighted by Crippen LogP contribution is 2.13. The highest BCUT2D eigenvalue weighted by atomic mass is 16.6. The number of nitro benzene ring substituents is 1. The smallest absolute Gasteiger partial charge is 0.269 e. The lowest BCUT2D eigenvalue weighted by Crippen LogP contribution is -2.36. The average molecular weight is 289 g/mol. The zero-order chi connectivity index (χ0) is 15.2. The minimum absolute atomic E-state index is 0.00247. The zero-order valence-corrected chi connectivity index (χ0v) is 11.3. The molecular weight excluding hydrogens is 274 g/mol. The molecule has 1 saturated heterocycles. The summed E-state index contributed by atoms with van der Waals surface area (Å²) in [5.74, 6) is -0.407. The molecule has 7 heteroatoms. The molecule has 1 aliphatic heterocycles. The molecule has 110 valence electrons. The van der Waals surface area contributed by atoms with E-state index in [1.54, 1.807) is 18.2 Å². The molecule has 0 atom stereocenters. The summed E-state index contributed by atoms with van der Waals surface area (Å²) in [4.78, 5) is 34.9. The van der Waals surface area contributed by atoms with E-state index in [2.05, 4.69) is 5.32 Å². The maximum Gasteiger partial charge on any atom is 0.269 e. The van der Waals surface area contributed by atoms with Crippen molar-refractivity contribution in [3.8, 4) is 0 Å². The van der Waals surface area contributed by atoms with Crippen molar-refractivity contribution < 1.29 is 14.5 Å². The fraction of sp³-hybridized carbons (Fsp3) is 0.286. The summed E-state index contributed by atoms with van der Waals surface area (Å²) in [6.07, 6.45) is 3.68. The third kappa shape index (κ3) is 4.13. The number of nitro groups is 1. The van der Waals surface area contributed by atoms with Crippen LogP contribution in [0.1, 0.15) is 12.0 Å². The molecule has 1 aliphatic rings. The van der Waals surface area contributed by atoms with Gasteiger partial charge < -0.3 is 10.2 Å². The monoisotopic (exact) mass is 289 g/mol. The summed E-state index contributed by atoms with van der Waals surface area (Å²) in [7, 11) is 0. The number of nitrogens with zero attached hydrogens (tertiary/aromatic N) is 2. The van der Waals surface area contributed by atoms with Crippen LogP contribution in [0.4, 0.5) is 5.69 Å². The number of amides is 2. The molecule has 0 saturated carbocycles. The van der Waals surface area contributed by atoms with Gasteiger partial charge in [0.25, 0.3) is 5.69 Å². The Bertz CT molecular complexity index is 580. The number of carbonyl (C=O) groups excluding carboxylic acids is 2. The molecule has 2 rings (SSSR count). The Balaban J connectivity index is 2.00. The van der Waals surface area contributed by atoms with Gasteiger partial charge in [0.1, 0.15) is 0 Å². The Labute approximate surface area is 121 Å². The van der Waals surface area contributed by atoms with Crippen molar-refractivity contribution >= 4 is 23.6 Å². The summed E-state index contributed by atoms with van der Waals surface area (Å²) in [5, 5.41) is 13.2. The molecular formula is C14H15N3O4. The van der Waals surface area contributed by atoms with Gasteiger partial charge in [0.15, 0.2) is 0 Å². The minimum Gasteiger partial charge on any atom is -0.354 e. The molecule has 1 heterocycles. The third-order valence-electron chi connectivity index (χ3n) is 3.10. The van der Waals surface area contributed by atoms with E-state index in [0.717, 1.165) is 6.42 Å². The Morgan fingerprint density at radius 2 is 2.05 bits per heavy atom. The van der Waals surface area contributed by atoms with Crippen LogP contribution >= 0.6 is 0 Å². The molecule has 1 fully saturated rings.